The molecule has 96 valence electrons. The van der Waals surface area contributed by atoms with Crippen molar-refractivity contribution >= 4 is 22.7 Å². The second-order valence-electron chi connectivity index (χ2n) is 5.06. The van der Waals surface area contributed by atoms with Crippen LogP contribution in [0, 0.1) is 0 Å². The molecule has 0 fully saturated rings. The summed E-state index contributed by atoms with van der Waals surface area (Å²) in [4.78, 5) is 4.47. The number of pyridine rings is 1. The highest BCUT2D eigenvalue weighted by molar-refractivity contribution is 7.99. The van der Waals surface area contributed by atoms with E-state index in [-0.39, 0.29) is 4.75 Å². The summed E-state index contributed by atoms with van der Waals surface area (Å²) in [6.45, 7) is 6.38. The Morgan fingerprint density at radius 1 is 1.22 bits per heavy atom. The molecular weight excluding hydrogens is 240 g/mol. The largest absolute Gasteiger partial charge is 0.311 e. The predicted octanol–water partition coefficient (Wildman–Crippen LogP) is 3.47. The van der Waals surface area contributed by atoms with E-state index in [9.17, 15) is 0 Å². The van der Waals surface area contributed by atoms with Gasteiger partial charge in [-0.05, 0) is 31.7 Å². The number of hydrogen-bond donors (Lipinski definition) is 1. The quantitative estimate of drug-likeness (QED) is 0.891. The van der Waals surface area contributed by atoms with Crippen LogP contribution in [-0.4, -0.2) is 22.5 Å². The first kappa shape index (κ1) is 13.4. The Labute approximate surface area is 113 Å². The molecule has 0 amide bonds. The van der Waals surface area contributed by atoms with Crippen molar-refractivity contribution in [2.24, 2.45) is 0 Å². The average Bonchev–Trinajstić information content (AvgIpc) is 2.39. The molecular formula is C15H20N2S. The van der Waals surface area contributed by atoms with Crippen LogP contribution in [0.5, 0.6) is 0 Å². The summed E-state index contributed by atoms with van der Waals surface area (Å²) in [6, 6.07) is 10.4. The van der Waals surface area contributed by atoms with Gasteiger partial charge in [0.2, 0.25) is 0 Å². The number of nitrogens with zero attached hydrogens (tertiary/aromatic N) is 1. The highest BCUT2D eigenvalue weighted by Gasteiger charge is 2.14. The van der Waals surface area contributed by atoms with Gasteiger partial charge in [-0.1, -0.05) is 24.3 Å². The number of benzene rings is 1. The summed E-state index contributed by atoms with van der Waals surface area (Å²) in [5.41, 5.74) is 2.37. The Kier molecular flexibility index (Phi) is 4.25. The van der Waals surface area contributed by atoms with Crippen LogP contribution in [0.15, 0.2) is 36.5 Å². The van der Waals surface area contributed by atoms with Gasteiger partial charge in [0.1, 0.15) is 0 Å². The first-order chi connectivity index (χ1) is 8.62. The zero-order valence-electron chi connectivity index (χ0n) is 11.2. The van der Waals surface area contributed by atoms with Gasteiger partial charge in [-0.2, -0.15) is 11.8 Å². The van der Waals surface area contributed by atoms with Crippen LogP contribution in [-0.2, 0) is 6.54 Å². The smallest absolute Gasteiger partial charge is 0.0746 e. The summed E-state index contributed by atoms with van der Waals surface area (Å²) >= 11 is 1.89. The molecule has 0 atom stereocenters. The van der Waals surface area contributed by atoms with Crippen LogP contribution < -0.4 is 5.32 Å². The van der Waals surface area contributed by atoms with E-state index in [1.165, 1.54) is 10.9 Å². The van der Waals surface area contributed by atoms with Crippen molar-refractivity contribution < 1.29 is 0 Å². The van der Waals surface area contributed by atoms with Crippen molar-refractivity contribution in [3.05, 3.63) is 42.1 Å². The van der Waals surface area contributed by atoms with Crippen molar-refractivity contribution in [1.29, 1.82) is 0 Å². The van der Waals surface area contributed by atoms with Crippen LogP contribution in [0.4, 0.5) is 0 Å². The van der Waals surface area contributed by atoms with E-state index in [1.807, 2.05) is 24.0 Å². The first-order valence-electron chi connectivity index (χ1n) is 6.21. The Morgan fingerprint density at radius 2 is 2.00 bits per heavy atom. The van der Waals surface area contributed by atoms with Crippen LogP contribution in [0.3, 0.4) is 0 Å². The van der Waals surface area contributed by atoms with Crippen LogP contribution in [0.1, 0.15) is 19.4 Å². The Bertz CT molecular complexity index is 517. The molecule has 0 spiro atoms. The normalized spacial score (nSPS) is 11.9. The molecule has 3 heteroatoms. The average molecular weight is 260 g/mol. The van der Waals surface area contributed by atoms with Gasteiger partial charge in [0.15, 0.2) is 0 Å². The van der Waals surface area contributed by atoms with E-state index in [0.717, 1.165) is 18.6 Å². The van der Waals surface area contributed by atoms with Crippen LogP contribution >= 0.6 is 11.8 Å². The van der Waals surface area contributed by atoms with Crippen LogP contribution in [0.2, 0.25) is 0 Å². The fourth-order valence-electron chi connectivity index (χ4n) is 1.88. The number of para-hydroxylation sites is 1. The highest BCUT2D eigenvalue weighted by Crippen LogP contribution is 2.20. The second-order valence-corrected chi connectivity index (χ2v) is 6.57. The molecule has 0 aliphatic heterocycles. The second kappa shape index (κ2) is 5.72. The highest BCUT2D eigenvalue weighted by atomic mass is 32.2. The standard InChI is InChI=1S/C15H20N2S/c1-15(2,18-3)11-16-10-13-7-4-6-12-8-5-9-17-14(12)13/h4-9,16H,10-11H2,1-3H3. The maximum absolute atomic E-state index is 4.47. The number of rotatable bonds is 5. The number of thioether (sulfide) groups is 1. The van der Waals surface area contributed by atoms with Gasteiger partial charge in [-0.15, -0.1) is 0 Å². The number of aromatic nitrogens is 1. The van der Waals surface area contributed by atoms with Crippen molar-refractivity contribution in [1.82, 2.24) is 10.3 Å². The molecule has 1 N–H and O–H groups in total. The fourth-order valence-corrected chi connectivity index (χ4v) is 2.13. The summed E-state index contributed by atoms with van der Waals surface area (Å²) in [5.74, 6) is 0. The minimum atomic E-state index is 0.276. The molecule has 1 aromatic heterocycles. The van der Waals surface area contributed by atoms with Gasteiger partial charge in [0.05, 0.1) is 5.52 Å². The number of nitrogens with one attached hydrogen (secondary N) is 1. The molecule has 0 bridgehead atoms. The van der Waals surface area contributed by atoms with Gasteiger partial charge in [-0.3, -0.25) is 4.98 Å². The van der Waals surface area contributed by atoms with Gasteiger partial charge in [-0.25, -0.2) is 0 Å². The van der Waals surface area contributed by atoms with Crippen LogP contribution in [0.25, 0.3) is 10.9 Å². The third-order valence-corrected chi connectivity index (χ3v) is 4.38. The molecule has 18 heavy (non-hydrogen) atoms. The first-order valence-corrected chi connectivity index (χ1v) is 7.43. The van der Waals surface area contributed by atoms with Gasteiger partial charge >= 0.3 is 0 Å². The predicted molar refractivity (Wildman–Crippen MR) is 81.0 cm³/mol. The molecule has 2 nitrogen and oxygen atoms in total. The van der Waals surface area contributed by atoms with Crippen molar-refractivity contribution in [3.63, 3.8) is 0 Å². The topological polar surface area (TPSA) is 24.9 Å². The third-order valence-electron chi connectivity index (χ3n) is 3.14. The summed E-state index contributed by atoms with van der Waals surface area (Å²) in [5, 5.41) is 4.73. The van der Waals surface area contributed by atoms with E-state index < -0.39 is 0 Å². The summed E-state index contributed by atoms with van der Waals surface area (Å²) in [7, 11) is 0. The van der Waals surface area contributed by atoms with Crippen molar-refractivity contribution in [2.75, 3.05) is 12.8 Å². The molecule has 1 heterocycles. The van der Waals surface area contributed by atoms with Crippen molar-refractivity contribution in [2.45, 2.75) is 25.1 Å². The van der Waals surface area contributed by atoms with Gasteiger partial charge in [0, 0.05) is 29.4 Å². The molecule has 0 unspecified atom stereocenters. The van der Waals surface area contributed by atoms with E-state index in [0.29, 0.717) is 0 Å². The summed E-state index contributed by atoms with van der Waals surface area (Å²) < 4.78 is 0.276. The van der Waals surface area contributed by atoms with E-state index in [1.54, 1.807) is 0 Å². The molecule has 0 saturated heterocycles. The fraction of sp³-hybridized carbons (Fsp3) is 0.400. The third kappa shape index (κ3) is 3.24. The van der Waals surface area contributed by atoms with Gasteiger partial charge in [0.25, 0.3) is 0 Å². The molecule has 2 aromatic rings. The lowest BCUT2D eigenvalue weighted by Crippen LogP contribution is -2.31. The number of fused-ring (bicyclic) bond motifs is 1. The lowest BCUT2D eigenvalue weighted by molar-refractivity contribution is 0.592. The molecule has 1 aromatic carbocycles. The minimum Gasteiger partial charge on any atom is -0.311 e. The van der Waals surface area contributed by atoms with E-state index in [4.69, 9.17) is 0 Å². The SMILES string of the molecule is CSC(C)(C)CNCc1cccc2cccnc12. The lowest BCUT2D eigenvalue weighted by Gasteiger charge is -2.22. The molecule has 0 aliphatic rings. The maximum atomic E-state index is 4.47. The Morgan fingerprint density at radius 3 is 2.78 bits per heavy atom. The Hall–Kier alpha value is -1.06. The monoisotopic (exact) mass is 260 g/mol. The molecule has 0 aliphatic carbocycles. The zero-order valence-corrected chi connectivity index (χ0v) is 12.1. The number of hydrogen-bond acceptors (Lipinski definition) is 3. The molecule has 0 saturated carbocycles. The Balaban J connectivity index is 2.08. The molecule has 0 radical (unpaired) electrons. The summed E-state index contributed by atoms with van der Waals surface area (Å²) in [6.07, 6.45) is 4.01. The van der Waals surface area contributed by atoms with Crippen molar-refractivity contribution in [3.8, 4) is 0 Å². The zero-order chi connectivity index (χ0) is 13.0. The lowest BCUT2D eigenvalue weighted by atomic mass is 10.1. The maximum Gasteiger partial charge on any atom is 0.0746 e. The van der Waals surface area contributed by atoms with E-state index >= 15 is 0 Å². The van der Waals surface area contributed by atoms with E-state index in [2.05, 4.69) is 54.7 Å². The minimum absolute atomic E-state index is 0.276. The van der Waals surface area contributed by atoms with Gasteiger partial charge < -0.3 is 5.32 Å². The molecule has 2 rings (SSSR count).